The summed E-state index contributed by atoms with van der Waals surface area (Å²) in [6.45, 7) is 3.97. The molecule has 2 heterocycles. The topological polar surface area (TPSA) is 84.0 Å². The van der Waals surface area contributed by atoms with Gasteiger partial charge in [-0.2, -0.15) is 0 Å². The Balaban J connectivity index is 1.28. The van der Waals surface area contributed by atoms with Crippen LogP contribution in [0.5, 0.6) is 5.75 Å². The van der Waals surface area contributed by atoms with Crippen LogP contribution in [-0.2, 0) is 19.2 Å². The number of esters is 1. The SMILES string of the molecule is CC1=CC[C@@H]2C(=O)N(c3ccc(OC(=O)[C@@H]4CC(=O)N(c5cccc(Cl)c5)C4)cc3C)C(=O)[C@H]2C1. The molecule has 3 atom stereocenters. The Morgan fingerprint density at radius 2 is 1.77 bits per heavy atom. The molecule has 3 aliphatic rings. The molecule has 1 aliphatic carbocycles. The third-order valence-corrected chi connectivity index (χ3v) is 7.26. The first kappa shape index (κ1) is 23.3. The Bertz CT molecular complexity index is 1290. The number of fused-ring (bicyclic) bond motifs is 1. The number of amides is 3. The van der Waals surface area contributed by atoms with Crippen LogP contribution in [0.15, 0.2) is 54.1 Å². The fraction of sp³-hybridized carbons (Fsp3) is 0.333. The summed E-state index contributed by atoms with van der Waals surface area (Å²) >= 11 is 6.03. The van der Waals surface area contributed by atoms with Gasteiger partial charge in [0.2, 0.25) is 17.7 Å². The van der Waals surface area contributed by atoms with Gasteiger partial charge < -0.3 is 9.64 Å². The summed E-state index contributed by atoms with van der Waals surface area (Å²) in [5.74, 6) is -1.96. The Hall–Kier alpha value is -3.45. The minimum absolute atomic E-state index is 0.0510. The van der Waals surface area contributed by atoms with Crippen LogP contribution in [0.25, 0.3) is 0 Å². The number of imide groups is 1. The monoisotopic (exact) mass is 492 g/mol. The lowest BCUT2D eigenvalue weighted by atomic mass is 9.82. The molecule has 2 aromatic carbocycles. The second-order valence-corrected chi connectivity index (χ2v) is 9.91. The molecule has 0 spiro atoms. The maximum Gasteiger partial charge on any atom is 0.316 e. The summed E-state index contributed by atoms with van der Waals surface area (Å²) in [5, 5.41) is 0.512. The molecule has 0 N–H and O–H groups in total. The fourth-order valence-electron chi connectivity index (χ4n) is 5.18. The van der Waals surface area contributed by atoms with Gasteiger partial charge in [-0.1, -0.05) is 29.3 Å². The van der Waals surface area contributed by atoms with Gasteiger partial charge in [0.15, 0.2) is 0 Å². The van der Waals surface area contributed by atoms with Gasteiger partial charge in [-0.25, -0.2) is 4.90 Å². The molecule has 5 rings (SSSR count). The number of halogens is 1. The first-order chi connectivity index (χ1) is 16.7. The number of nitrogens with zero attached hydrogens (tertiary/aromatic N) is 2. The number of hydrogen-bond donors (Lipinski definition) is 0. The van der Waals surface area contributed by atoms with Crippen LogP contribution in [0.4, 0.5) is 11.4 Å². The maximum absolute atomic E-state index is 13.0. The van der Waals surface area contributed by atoms with E-state index in [9.17, 15) is 19.2 Å². The number of ether oxygens (including phenoxy) is 1. The van der Waals surface area contributed by atoms with Crippen molar-refractivity contribution in [1.82, 2.24) is 0 Å². The van der Waals surface area contributed by atoms with Crippen molar-refractivity contribution in [2.24, 2.45) is 17.8 Å². The molecule has 8 heteroatoms. The summed E-state index contributed by atoms with van der Waals surface area (Å²) in [6.07, 6.45) is 3.27. The zero-order valence-electron chi connectivity index (χ0n) is 19.5. The second kappa shape index (κ2) is 8.96. The number of carbonyl (C=O) groups excluding carboxylic acids is 4. The van der Waals surface area contributed by atoms with Gasteiger partial charge in [0.05, 0.1) is 23.4 Å². The van der Waals surface area contributed by atoms with E-state index in [1.165, 1.54) is 9.80 Å². The molecular formula is C27H25ClN2O5. The molecule has 7 nitrogen and oxygen atoms in total. The molecule has 2 aliphatic heterocycles. The molecule has 0 radical (unpaired) electrons. The summed E-state index contributed by atoms with van der Waals surface area (Å²) < 4.78 is 5.57. The molecule has 3 amide bonds. The molecule has 180 valence electrons. The van der Waals surface area contributed by atoms with Gasteiger partial charge in [0.25, 0.3) is 0 Å². The summed E-state index contributed by atoms with van der Waals surface area (Å²) in [4.78, 5) is 54.1. The van der Waals surface area contributed by atoms with Crippen molar-refractivity contribution in [1.29, 1.82) is 0 Å². The number of hydrogen-bond acceptors (Lipinski definition) is 5. The number of aryl methyl sites for hydroxylation is 1. The van der Waals surface area contributed by atoms with Gasteiger partial charge in [-0.3, -0.25) is 19.2 Å². The van der Waals surface area contributed by atoms with E-state index in [-0.39, 0.29) is 42.5 Å². The number of anilines is 2. The zero-order valence-corrected chi connectivity index (χ0v) is 20.2. The predicted molar refractivity (Wildman–Crippen MR) is 131 cm³/mol. The van der Waals surface area contributed by atoms with E-state index >= 15 is 0 Å². The van der Waals surface area contributed by atoms with Crippen LogP contribution < -0.4 is 14.5 Å². The average molecular weight is 493 g/mol. The van der Waals surface area contributed by atoms with E-state index in [2.05, 4.69) is 0 Å². The minimum Gasteiger partial charge on any atom is -0.426 e. The van der Waals surface area contributed by atoms with Crippen LogP contribution in [-0.4, -0.2) is 30.2 Å². The van der Waals surface area contributed by atoms with Gasteiger partial charge in [0.1, 0.15) is 5.75 Å². The minimum atomic E-state index is -0.609. The van der Waals surface area contributed by atoms with Gasteiger partial charge in [0, 0.05) is 23.7 Å². The Kier molecular flexibility index (Phi) is 5.97. The molecule has 0 aromatic heterocycles. The highest BCUT2D eigenvalue weighted by Gasteiger charge is 2.49. The van der Waals surface area contributed by atoms with Crippen molar-refractivity contribution in [3.05, 3.63) is 64.7 Å². The van der Waals surface area contributed by atoms with Crippen LogP contribution in [0.3, 0.4) is 0 Å². The van der Waals surface area contributed by atoms with E-state index in [4.69, 9.17) is 16.3 Å². The van der Waals surface area contributed by atoms with Crippen LogP contribution in [0, 0.1) is 24.7 Å². The highest BCUT2D eigenvalue weighted by molar-refractivity contribution is 6.31. The number of allylic oxidation sites excluding steroid dienone is 2. The van der Waals surface area contributed by atoms with Crippen molar-refractivity contribution in [2.75, 3.05) is 16.3 Å². The van der Waals surface area contributed by atoms with Gasteiger partial charge in [-0.15, -0.1) is 0 Å². The largest absolute Gasteiger partial charge is 0.426 e. The predicted octanol–water partition coefficient (Wildman–Crippen LogP) is 4.45. The quantitative estimate of drug-likeness (QED) is 0.272. The number of benzene rings is 2. The summed E-state index contributed by atoms with van der Waals surface area (Å²) in [6, 6.07) is 11.8. The fourth-order valence-corrected chi connectivity index (χ4v) is 5.36. The Labute approximate surface area is 208 Å². The lowest BCUT2D eigenvalue weighted by molar-refractivity contribution is -0.139. The first-order valence-electron chi connectivity index (χ1n) is 11.6. The molecule has 35 heavy (non-hydrogen) atoms. The van der Waals surface area contributed by atoms with E-state index in [1.54, 1.807) is 49.4 Å². The number of rotatable bonds is 4. The third-order valence-electron chi connectivity index (χ3n) is 7.03. The maximum atomic E-state index is 13.0. The van der Waals surface area contributed by atoms with E-state index in [0.29, 0.717) is 40.6 Å². The highest BCUT2D eigenvalue weighted by atomic mass is 35.5. The second-order valence-electron chi connectivity index (χ2n) is 9.47. The van der Waals surface area contributed by atoms with Crippen molar-refractivity contribution in [3.8, 4) is 5.75 Å². The molecule has 2 saturated heterocycles. The number of carbonyl (C=O) groups is 4. The van der Waals surface area contributed by atoms with Crippen molar-refractivity contribution >= 4 is 46.7 Å². The molecule has 2 aromatic rings. The summed E-state index contributed by atoms with van der Waals surface area (Å²) in [5.41, 5.74) is 2.94. The normalized spacial score (nSPS) is 24.0. The van der Waals surface area contributed by atoms with E-state index in [0.717, 1.165) is 5.57 Å². The van der Waals surface area contributed by atoms with Crippen LogP contribution in [0.1, 0.15) is 31.7 Å². The smallest absolute Gasteiger partial charge is 0.316 e. The molecule has 0 bridgehead atoms. The van der Waals surface area contributed by atoms with Crippen molar-refractivity contribution in [3.63, 3.8) is 0 Å². The lowest BCUT2D eigenvalue weighted by Gasteiger charge is -2.19. The van der Waals surface area contributed by atoms with E-state index in [1.807, 2.05) is 13.0 Å². The lowest BCUT2D eigenvalue weighted by Crippen LogP contribution is -2.31. The van der Waals surface area contributed by atoms with Crippen molar-refractivity contribution in [2.45, 2.75) is 33.1 Å². The Morgan fingerprint density at radius 1 is 1.00 bits per heavy atom. The van der Waals surface area contributed by atoms with Gasteiger partial charge >= 0.3 is 5.97 Å². The third kappa shape index (κ3) is 4.25. The zero-order chi connectivity index (χ0) is 24.9. The van der Waals surface area contributed by atoms with Crippen molar-refractivity contribution < 1.29 is 23.9 Å². The van der Waals surface area contributed by atoms with Gasteiger partial charge in [-0.05, 0) is 68.7 Å². The van der Waals surface area contributed by atoms with Crippen LogP contribution in [0.2, 0.25) is 5.02 Å². The van der Waals surface area contributed by atoms with E-state index < -0.39 is 11.9 Å². The summed E-state index contributed by atoms with van der Waals surface area (Å²) in [7, 11) is 0. The average Bonchev–Trinajstić information content (AvgIpc) is 3.32. The molecular weight excluding hydrogens is 468 g/mol. The molecule has 2 fully saturated rings. The highest BCUT2D eigenvalue weighted by Crippen LogP contribution is 2.41. The molecule has 0 saturated carbocycles. The standard InChI is InChI=1S/C27H25ClN2O5/c1-15-6-8-21-22(10-15)26(33)30(25(21)32)23-9-7-20(11-16(23)2)35-27(34)17-12-24(31)29(14-17)19-5-3-4-18(28)13-19/h3-7,9,11,13,17,21-22H,8,10,12,14H2,1-2H3/t17-,21+,22+/m1/s1. The Morgan fingerprint density at radius 3 is 2.51 bits per heavy atom. The molecule has 0 unspecified atom stereocenters. The first-order valence-corrected chi connectivity index (χ1v) is 12.0. The van der Waals surface area contributed by atoms with Crippen LogP contribution >= 0.6 is 11.6 Å².